The lowest BCUT2D eigenvalue weighted by atomic mass is 10.0. The van der Waals surface area contributed by atoms with Crippen molar-refractivity contribution in [1.29, 1.82) is 0 Å². The van der Waals surface area contributed by atoms with Gasteiger partial charge in [-0.3, -0.25) is 0 Å². The van der Waals surface area contributed by atoms with E-state index in [4.69, 9.17) is 4.42 Å². The van der Waals surface area contributed by atoms with Crippen molar-refractivity contribution in [1.82, 2.24) is 10.3 Å². The van der Waals surface area contributed by atoms with Gasteiger partial charge in [0.15, 0.2) is 11.5 Å². The molecule has 2 N–H and O–H groups in total. The summed E-state index contributed by atoms with van der Waals surface area (Å²) in [5.41, 5.74) is -0.315. The fourth-order valence-corrected chi connectivity index (χ4v) is 3.33. The zero-order valence-electron chi connectivity index (χ0n) is 14.5. The van der Waals surface area contributed by atoms with E-state index >= 15 is 0 Å². The van der Waals surface area contributed by atoms with Crippen LogP contribution in [0.3, 0.4) is 0 Å². The van der Waals surface area contributed by atoms with Crippen LogP contribution in [0.25, 0.3) is 11.1 Å². The predicted octanol–water partition coefficient (Wildman–Crippen LogP) is 4.53. The number of aromatic nitrogens is 1. The summed E-state index contributed by atoms with van der Waals surface area (Å²) in [6.07, 6.45) is -2.51. The van der Waals surface area contributed by atoms with E-state index in [9.17, 15) is 18.3 Å². The van der Waals surface area contributed by atoms with Crippen molar-refractivity contribution in [2.45, 2.75) is 70.3 Å². The molecule has 1 saturated carbocycles. The Morgan fingerprint density at radius 2 is 1.96 bits per heavy atom. The van der Waals surface area contributed by atoms with Crippen LogP contribution in [0.4, 0.5) is 13.2 Å². The Morgan fingerprint density at radius 1 is 1.24 bits per heavy atom. The van der Waals surface area contributed by atoms with Crippen molar-refractivity contribution < 1.29 is 22.7 Å². The third-order valence-corrected chi connectivity index (χ3v) is 4.77. The molecule has 0 unspecified atom stereocenters. The second kappa shape index (κ2) is 6.61. The Bertz CT molecular complexity index is 755. The first-order valence-electron chi connectivity index (χ1n) is 8.62. The van der Waals surface area contributed by atoms with Gasteiger partial charge in [0.2, 0.25) is 0 Å². The Morgan fingerprint density at radius 3 is 2.52 bits per heavy atom. The number of hydrogen-bond acceptors (Lipinski definition) is 4. The van der Waals surface area contributed by atoms with Crippen molar-refractivity contribution in [3.63, 3.8) is 0 Å². The molecule has 1 fully saturated rings. The maximum absolute atomic E-state index is 13.5. The van der Waals surface area contributed by atoms with Gasteiger partial charge in [0.25, 0.3) is 0 Å². The molecule has 1 aromatic carbocycles. The molecule has 0 amide bonds. The first-order valence-corrected chi connectivity index (χ1v) is 8.62. The second-order valence-electron chi connectivity index (χ2n) is 7.11. The van der Waals surface area contributed by atoms with Gasteiger partial charge in [0.05, 0.1) is 6.10 Å². The molecule has 4 nitrogen and oxygen atoms in total. The molecule has 1 aliphatic carbocycles. The summed E-state index contributed by atoms with van der Waals surface area (Å²) in [4.78, 5) is 4.23. The highest BCUT2D eigenvalue weighted by Crippen LogP contribution is 2.38. The Hall–Kier alpha value is -1.60. The molecule has 7 heteroatoms. The summed E-state index contributed by atoms with van der Waals surface area (Å²) in [5.74, 6) is 0.200. The van der Waals surface area contributed by atoms with Crippen molar-refractivity contribution in [3.8, 4) is 0 Å². The van der Waals surface area contributed by atoms with Crippen LogP contribution in [-0.2, 0) is 6.18 Å². The van der Waals surface area contributed by atoms with E-state index in [1.165, 1.54) is 0 Å². The average Bonchev–Trinajstić information content (AvgIpc) is 3.11. The number of aliphatic hydroxyl groups excluding tert-OH is 1. The molecular weight excluding hydrogens is 333 g/mol. The van der Waals surface area contributed by atoms with Crippen molar-refractivity contribution in [3.05, 3.63) is 29.2 Å². The van der Waals surface area contributed by atoms with Crippen molar-refractivity contribution >= 4 is 11.1 Å². The van der Waals surface area contributed by atoms with Crippen molar-refractivity contribution in [2.75, 3.05) is 0 Å². The number of aliphatic hydroxyl groups is 1. The molecule has 1 aliphatic rings. The quantitative estimate of drug-likeness (QED) is 0.845. The number of fused-ring (bicyclic) bond motifs is 1. The topological polar surface area (TPSA) is 58.3 Å². The van der Waals surface area contributed by atoms with Crippen LogP contribution < -0.4 is 5.32 Å². The molecule has 138 valence electrons. The minimum Gasteiger partial charge on any atom is -0.440 e. The first kappa shape index (κ1) is 18.2. The Labute approximate surface area is 144 Å². The average molecular weight is 356 g/mol. The molecule has 1 aromatic heterocycles. The Balaban J connectivity index is 2.00. The number of nitrogens with one attached hydrogen (secondary N) is 1. The minimum atomic E-state index is -4.52. The number of oxazole rings is 1. The van der Waals surface area contributed by atoms with Gasteiger partial charge >= 0.3 is 6.18 Å². The smallest absolute Gasteiger partial charge is 0.420 e. The molecular formula is C18H23F3N2O2. The molecule has 0 saturated heterocycles. The van der Waals surface area contributed by atoms with E-state index in [2.05, 4.69) is 10.3 Å². The number of rotatable bonds is 4. The van der Waals surface area contributed by atoms with Crippen molar-refractivity contribution in [2.24, 2.45) is 0 Å². The molecule has 2 aromatic rings. The highest BCUT2D eigenvalue weighted by atomic mass is 19.4. The predicted molar refractivity (Wildman–Crippen MR) is 88.3 cm³/mol. The number of hydrogen-bond donors (Lipinski definition) is 2. The van der Waals surface area contributed by atoms with Crippen LogP contribution >= 0.6 is 0 Å². The monoisotopic (exact) mass is 356 g/mol. The highest BCUT2D eigenvalue weighted by molar-refractivity contribution is 5.78. The third kappa shape index (κ3) is 3.67. The van der Waals surface area contributed by atoms with Gasteiger partial charge in [-0.25, -0.2) is 4.98 Å². The number of halogens is 3. The van der Waals surface area contributed by atoms with E-state index in [1.54, 1.807) is 13.0 Å². The molecule has 1 heterocycles. The molecule has 0 spiro atoms. The summed E-state index contributed by atoms with van der Waals surface area (Å²) in [5, 5.41) is 13.2. The molecule has 0 aliphatic heterocycles. The fourth-order valence-electron chi connectivity index (χ4n) is 3.33. The van der Waals surface area contributed by atoms with Gasteiger partial charge in [-0.1, -0.05) is 13.8 Å². The van der Waals surface area contributed by atoms with Crippen LogP contribution in [0.5, 0.6) is 0 Å². The van der Waals surface area contributed by atoms with Gasteiger partial charge in [-0.05, 0) is 43.9 Å². The van der Waals surface area contributed by atoms with Gasteiger partial charge < -0.3 is 14.8 Å². The zero-order chi connectivity index (χ0) is 18.4. The van der Waals surface area contributed by atoms with Gasteiger partial charge in [0, 0.05) is 18.0 Å². The zero-order valence-corrected chi connectivity index (χ0v) is 14.5. The summed E-state index contributed by atoms with van der Waals surface area (Å²) in [6.45, 7) is 5.45. The van der Waals surface area contributed by atoms with E-state index in [1.807, 2.05) is 13.8 Å². The SMILES string of the molecule is CC(C)c1nc2cc([C@@H](C)N[C@H]3CCC[C@H]3O)cc(C(F)(F)F)c2o1. The van der Waals surface area contributed by atoms with Crippen LogP contribution in [0.1, 0.15) is 69.0 Å². The van der Waals surface area contributed by atoms with E-state index < -0.39 is 17.8 Å². The standard InChI is InChI=1S/C18H23F3N2O2/c1-9(2)17-23-14-8-11(7-12(16(14)25-17)18(19,20)21)10(3)22-13-5-4-6-15(13)24/h7-10,13,15,22,24H,4-6H2,1-3H3/t10-,13+,15-/m1/s1. The number of benzene rings is 1. The largest absolute Gasteiger partial charge is 0.440 e. The Kier molecular flexibility index (Phi) is 4.81. The minimum absolute atomic E-state index is 0.0939. The van der Waals surface area contributed by atoms with E-state index in [-0.39, 0.29) is 29.1 Å². The van der Waals surface area contributed by atoms with E-state index in [0.29, 0.717) is 11.5 Å². The molecule has 3 atom stereocenters. The summed E-state index contributed by atoms with van der Waals surface area (Å²) >= 11 is 0. The highest BCUT2D eigenvalue weighted by Gasteiger charge is 2.36. The van der Waals surface area contributed by atoms with Crippen LogP contribution in [-0.4, -0.2) is 22.2 Å². The van der Waals surface area contributed by atoms with Gasteiger partial charge in [0.1, 0.15) is 11.1 Å². The summed E-state index contributed by atoms with van der Waals surface area (Å²) < 4.78 is 45.9. The second-order valence-corrected chi connectivity index (χ2v) is 7.11. The maximum Gasteiger partial charge on any atom is 0.420 e. The number of nitrogens with zero attached hydrogens (tertiary/aromatic N) is 1. The molecule has 0 bridgehead atoms. The van der Waals surface area contributed by atoms with Crippen LogP contribution in [0.15, 0.2) is 16.5 Å². The van der Waals surface area contributed by atoms with Gasteiger partial charge in [-0.2, -0.15) is 13.2 Å². The van der Waals surface area contributed by atoms with Crippen LogP contribution in [0.2, 0.25) is 0 Å². The lowest BCUT2D eigenvalue weighted by Gasteiger charge is -2.23. The maximum atomic E-state index is 13.5. The molecule has 0 radical (unpaired) electrons. The lowest BCUT2D eigenvalue weighted by Crippen LogP contribution is -2.37. The molecule has 3 rings (SSSR count). The molecule has 25 heavy (non-hydrogen) atoms. The lowest BCUT2D eigenvalue weighted by molar-refractivity contribution is -0.136. The fraction of sp³-hybridized carbons (Fsp3) is 0.611. The van der Waals surface area contributed by atoms with Gasteiger partial charge in [-0.15, -0.1) is 0 Å². The normalized spacial score (nSPS) is 22.9. The van der Waals surface area contributed by atoms with Crippen LogP contribution in [0, 0.1) is 0 Å². The van der Waals surface area contributed by atoms with E-state index in [0.717, 1.165) is 25.3 Å². The third-order valence-electron chi connectivity index (χ3n) is 4.77. The summed E-state index contributed by atoms with van der Waals surface area (Å²) in [7, 11) is 0. The first-order chi connectivity index (χ1) is 11.7. The number of alkyl halides is 3. The summed E-state index contributed by atoms with van der Waals surface area (Å²) in [6, 6.07) is 2.33.